The highest BCUT2D eigenvalue weighted by molar-refractivity contribution is 6.00. The number of carbonyl (C=O) groups excluding carboxylic acids is 2. The number of pyridine rings is 1. The number of anilines is 1. The highest BCUT2D eigenvalue weighted by Gasteiger charge is 2.21. The van der Waals surface area contributed by atoms with E-state index in [0.717, 1.165) is 27.7 Å². The molecule has 0 unspecified atom stereocenters. The van der Waals surface area contributed by atoms with Crippen LogP contribution in [0.25, 0.3) is 10.9 Å². The average molecular weight is 376 g/mol. The number of para-hydroxylation sites is 2. The van der Waals surface area contributed by atoms with Gasteiger partial charge in [0.25, 0.3) is 5.91 Å². The highest BCUT2D eigenvalue weighted by atomic mass is 16.5. The first kappa shape index (κ1) is 19.5. The van der Waals surface area contributed by atoms with E-state index in [1.807, 2.05) is 69.3 Å². The summed E-state index contributed by atoms with van der Waals surface area (Å²) >= 11 is 0. The van der Waals surface area contributed by atoms with Crippen molar-refractivity contribution in [2.45, 2.75) is 27.7 Å². The number of nitrogens with zero attached hydrogens (tertiary/aromatic N) is 2. The number of carbonyl (C=O) groups is 2. The minimum Gasteiger partial charge on any atom is -0.452 e. The van der Waals surface area contributed by atoms with Gasteiger partial charge in [-0.2, -0.15) is 0 Å². The Balaban J connectivity index is 1.79. The fraction of sp³-hybridized carbons (Fsp3) is 0.261. The molecule has 0 spiro atoms. The number of hydrogen-bond donors (Lipinski definition) is 0. The van der Waals surface area contributed by atoms with Crippen molar-refractivity contribution in [3.63, 3.8) is 0 Å². The molecule has 3 rings (SSSR count). The van der Waals surface area contributed by atoms with E-state index in [0.29, 0.717) is 17.8 Å². The maximum Gasteiger partial charge on any atom is 0.340 e. The summed E-state index contributed by atoms with van der Waals surface area (Å²) in [4.78, 5) is 31.5. The van der Waals surface area contributed by atoms with Gasteiger partial charge < -0.3 is 9.64 Å². The van der Waals surface area contributed by atoms with Crippen molar-refractivity contribution in [2.24, 2.45) is 0 Å². The summed E-state index contributed by atoms with van der Waals surface area (Å²) in [6.07, 6.45) is 0. The van der Waals surface area contributed by atoms with E-state index in [1.54, 1.807) is 11.8 Å². The topological polar surface area (TPSA) is 59.5 Å². The molecule has 0 saturated heterocycles. The highest BCUT2D eigenvalue weighted by Crippen LogP contribution is 2.23. The second-order valence-corrected chi connectivity index (χ2v) is 6.71. The SMILES string of the molecule is CCN(C(=O)COC(=O)c1c(C)nc2ccccc2c1C)c1ccccc1C. The summed E-state index contributed by atoms with van der Waals surface area (Å²) in [5.41, 5.74) is 4.49. The Bertz CT molecular complexity index is 1040. The number of aromatic nitrogens is 1. The van der Waals surface area contributed by atoms with Gasteiger partial charge in [0, 0.05) is 17.6 Å². The fourth-order valence-corrected chi connectivity index (χ4v) is 3.46. The van der Waals surface area contributed by atoms with Gasteiger partial charge >= 0.3 is 5.97 Å². The number of amides is 1. The molecule has 0 bridgehead atoms. The standard InChI is InChI=1S/C23H24N2O3/c1-5-25(20-13-9-6-10-15(20)2)21(26)14-28-23(27)22-16(3)18-11-7-8-12-19(18)24-17(22)4/h6-13H,5,14H2,1-4H3. The molecule has 1 heterocycles. The lowest BCUT2D eigenvalue weighted by Crippen LogP contribution is -2.35. The van der Waals surface area contributed by atoms with Gasteiger partial charge in [-0.05, 0) is 51.0 Å². The van der Waals surface area contributed by atoms with Gasteiger partial charge in [-0.1, -0.05) is 36.4 Å². The Labute approximate surface area is 165 Å². The average Bonchev–Trinajstić information content (AvgIpc) is 2.68. The minimum absolute atomic E-state index is 0.255. The normalized spacial score (nSPS) is 10.7. The van der Waals surface area contributed by atoms with Crippen LogP contribution in [-0.4, -0.2) is 30.0 Å². The van der Waals surface area contributed by atoms with Crippen molar-refractivity contribution >= 4 is 28.5 Å². The summed E-state index contributed by atoms with van der Waals surface area (Å²) < 4.78 is 5.37. The van der Waals surface area contributed by atoms with Crippen LogP contribution in [0.4, 0.5) is 5.69 Å². The molecule has 0 fully saturated rings. The van der Waals surface area contributed by atoms with E-state index < -0.39 is 5.97 Å². The van der Waals surface area contributed by atoms with E-state index in [4.69, 9.17) is 4.74 Å². The van der Waals surface area contributed by atoms with Crippen LogP contribution in [0, 0.1) is 20.8 Å². The van der Waals surface area contributed by atoms with E-state index in [9.17, 15) is 9.59 Å². The van der Waals surface area contributed by atoms with Crippen molar-refractivity contribution in [1.29, 1.82) is 0 Å². The van der Waals surface area contributed by atoms with E-state index in [2.05, 4.69) is 4.98 Å². The lowest BCUT2D eigenvalue weighted by molar-refractivity contribution is -0.121. The molecule has 1 amide bonds. The lowest BCUT2D eigenvalue weighted by atomic mass is 10.0. The molecule has 5 nitrogen and oxygen atoms in total. The summed E-state index contributed by atoms with van der Waals surface area (Å²) in [7, 11) is 0. The van der Waals surface area contributed by atoms with Gasteiger partial charge in [-0.15, -0.1) is 0 Å². The number of esters is 1. The van der Waals surface area contributed by atoms with Crippen molar-refractivity contribution in [2.75, 3.05) is 18.1 Å². The Morgan fingerprint density at radius 3 is 2.39 bits per heavy atom. The van der Waals surface area contributed by atoms with Crippen LogP contribution in [0.2, 0.25) is 0 Å². The predicted octanol–water partition coefficient (Wildman–Crippen LogP) is 4.37. The number of ether oxygens (including phenoxy) is 1. The number of benzene rings is 2. The molecule has 144 valence electrons. The molecule has 3 aromatic rings. The Morgan fingerprint density at radius 1 is 1.00 bits per heavy atom. The zero-order valence-corrected chi connectivity index (χ0v) is 16.7. The molecule has 0 radical (unpaired) electrons. The zero-order chi connectivity index (χ0) is 20.3. The molecule has 28 heavy (non-hydrogen) atoms. The maximum atomic E-state index is 12.7. The van der Waals surface area contributed by atoms with Gasteiger partial charge in [0.05, 0.1) is 16.8 Å². The molecular formula is C23H24N2O3. The third-order valence-electron chi connectivity index (χ3n) is 4.89. The third kappa shape index (κ3) is 3.74. The number of rotatable bonds is 5. The molecule has 0 saturated carbocycles. The Morgan fingerprint density at radius 2 is 1.68 bits per heavy atom. The second kappa shape index (κ2) is 8.21. The molecule has 0 aliphatic carbocycles. The number of fused-ring (bicyclic) bond motifs is 1. The fourth-order valence-electron chi connectivity index (χ4n) is 3.46. The van der Waals surface area contributed by atoms with E-state index in [1.165, 1.54) is 0 Å². The van der Waals surface area contributed by atoms with Crippen LogP contribution in [0.1, 0.15) is 34.1 Å². The molecular weight excluding hydrogens is 352 g/mol. The first-order chi connectivity index (χ1) is 13.4. The molecule has 5 heteroatoms. The van der Waals surface area contributed by atoms with Gasteiger partial charge in [0.2, 0.25) is 0 Å². The van der Waals surface area contributed by atoms with Crippen LogP contribution in [0.3, 0.4) is 0 Å². The Hall–Kier alpha value is -3.21. The van der Waals surface area contributed by atoms with Gasteiger partial charge in [-0.3, -0.25) is 9.78 Å². The van der Waals surface area contributed by atoms with Crippen molar-refractivity contribution < 1.29 is 14.3 Å². The molecule has 0 N–H and O–H groups in total. The summed E-state index contributed by atoms with van der Waals surface area (Å²) in [5, 5.41) is 0.904. The molecule has 2 aromatic carbocycles. The van der Waals surface area contributed by atoms with Crippen molar-refractivity contribution in [1.82, 2.24) is 4.98 Å². The predicted molar refractivity (Wildman–Crippen MR) is 111 cm³/mol. The lowest BCUT2D eigenvalue weighted by Gasteiger charge is -2.23. The van der Waals surface area contributed by atoms with Crippen LogP contribution >= 0.6 is 0 Å². The summed E-state index contributed by atoms with van der Waals surface area (Å²) in [5.74, 6) is -0.781. The number of likely N-dealkylation sites (N-methyl/N-ethyl adjacent to an activating group) is 1. The van der Waals surface area contributed by atoms with Crippen LogP contribution in [0.15, 0.2) is 48.5 Å². The van der Waals surface area contributed by atoms with Crippen molar-refractivity contribution in [3.8, 4) is 0 Å². The van der Waals surface area contributed by atoms with Gasteiger partial charge in [0.1, 0.15) is 0 Å². The van der Waals surface area contributed by atoms with E-state index >= 15 is 0 Å². The second-order valence-electron chi connectivity index (χ2n) is 6.71. The van der Waals surface area contributed by atoms with E-state index in [-0.39, 0.29) is 12.5 Å². The molecule has 0 aliphatic rings. The molecule has 0 aliphatic heterocycles. The van der Waals surface area contributed by atoms with Crippen LogP contribution in [-0.2, 0) is 9.53 Å². The first-order valence-electron chi connectivity index (χ1n) is 9.33. The van der Waals surface area contributed by atoms with Crippen LogP contribution < -0.4 is 4.90 Å². The number of aryl methyl sites for hydroxylation is 3. The van der Waals surface area contributed by atoms with Crippen LogP contribution in [0.5, 0.6) is 0 Å². The summed E-state index contributed by atoms with van der Waals surface area (Å²) in [6, 6.07) is 15.3. The zero-order valence-electron chi connectivity index (χ0n) is 16.7. The Kier molecular flexibility index (Phi) is 5.73. The van der Waals surface area contributed by atoms with Gasteiger partial charge in [-0.25, -0.2) is 4.79 Å². The first-order valence-corrected chi connectivity index (χ1v) is 9.33. The quantitative estimate of drug-likeness (QED) is 0.621. The maximum absolute atomic E-state index is 12.7. The monoisotopic (exact) mass is 376 g/mol. The molecule has 0 atom stereocenters. The number of hydrogen-bond acceptors (Lipinski definition) is 4. The third-order valence-corrected chi connectivity index (χ3v) is 4.89. The molecule has 1 aromatic heterocycles. The largest absolute Gasteiger partial charge is 0.452 e. The summed E-state index contributed by atoms with van der Waals surface area (Å²) in [6.45, 7) is 7.69. The minimum atomic E-state index is -0.526. The van der Waals surface area contributed by atoms with Gasteiger partial charge in [0.15, 0.2) is 6.61 Å². The smallest absolute Gasteiger partial charge is 0.340 e. The van der Waals surface area contributed by atoms with Crippen molar-refractivity contribution in [3.05, 3.63) is 70.9 Å².